The molecule has 5 heteroatoms. The maximum Gasteiger partial charge on any atom is 0.234 e. The Morgan fingerprint density at radius 1 is 1.35 bits per heavy atom. The van der Waals surface area contributed by atoms with Crippen LogP contribution in [0.4, 0.5) is 0 Å². The zero-order valence-electron chi connectivity index (χ0n) is 12.5. The number of amides is 1. The van der Waals surface area contributed by atoms with E-state index >= 15 is 0 Å². The molecule has 1 saturated heterocycles. The molecule has 0 spiro atoms. The molecule has 0 aromatic rings. The highest BCUT2D eigenvalue weighted by Crippen LogP contribution is 2.31. The largest absolute Gasteiger partial charge is 0.394 e. The number of hydrogen-bond donors (Lipinski definition) is 3. The van der Waals surface area contributed by atoms with Gasteiger partial charge in [0.25, 0.3) is 0 Å². The summed E-state index contributed by atoms with van der Waals surface area (Å²) in [6, 6.07) is 0.244. The summed E-state index contributed by atoms with van der Waals surface area (Å²) in [6.07, 6.45) is 6.04. The van der Waals surface area contributed by atoms with Crippen molar-refractivity contribution in [1.82, 2.24) is 10.6 Å². The molecule has 1 heterocycles. The van der Waals surface area contributed by atoms with Gasteiger partial charge >= 0.3 is 0 Å². The van der Waals surface area contributed by atoms with Gasteiger partial charge in [-0.05, 0) is 31.6 Å². The Morgan fingerprint density at radius 3 is 2.75 bits per heavy atom. The van der Waals surface area contributed by atoms with Crippen LogP contribution in [0.25, 0.3) is 0 Å². The Hall–Kier alpha value is -0.650. The van der Waals surface area contributed by atoms with Crippen molar-refractivity contribution in [2.24, 2.45) is 5.92 Å². The van der Waals surface area contributed by atoms with Gasteiger partial charge in [0.1, 0.15) is 0 Å². The van der Waals surface area contributed by atoms with Crippen LogP contribution in [0.5, 0.6) is 0 Å². The molecule has 2 aliphatic rings. The van der Waals surface area contributed by atoms with Gasteiger partial charge in [-0.3, -0.25) is 4.79 Å². The molecule has 1 aliphatic carbocycles. The molecular weight excluding hydrogens is 256 g/mol. The number of rotatable bonds is 5. The van der Waals surface area contributed by atoms with Crippen LogP contribution >= 0.6 is 0 Å². The Morgan fingerprint density at radius 2 is 2.10 bits per heavy atom. The lowest BCUT2D eigenvalue weighted by Crippen LogP contribution is -2.55. The van der Waals surface area contributed by atoms with E-state index in [2.05, 4.69) is 17.6 Å². The summed E-state index contributed by atoms with van der Waals surface area (Å²) < 4.78 is 5.28. The minimum atomic E-state index is -0.259. The van der Waals surface area contributed by atoms with Crippen LogP contribution in [0.1, 0.15) is 45.4 Å². The highest BCUT2D eigenvalue weighted by atomic mass is 16.5. The summed E-state index contributed by atoms with van der Waals surface area (Å²) in [5, 5.41) is 16.0. The van der Waals surface area contributed by atoms with Crippen LogP contribution in [0, 0.1) is 5.92 Å². The molecule has 2 fully saturated rings. The number of hydrogen-bond acceptors (Lipinski definition) is 4. The molecule has 2 rings (SSSR count). The van der Waals surface area contributed by atoms with Crippen molar-refractivity contribution >= 4 is 5.91 Å². The summed E-state index contributed by atoms with van der Waals surface area (Å²) in [5.41, 5.74) is -0.259. The van der Waals surface area contributed by atoms with Crippen LogP contribution in [-0.4, -0.2) is 49.0 Å². The van der Waals surface area contributed by atoms with E-state index in [4.69, 9.17) is 4.74 Å². The molecule has 0 bridgehead atoms. The molecular formula is C15H28N2O3. The van der Waals surface area contributed by atoms with E-state index in [9.17, 15) is 9.90 Å². The van der Waals surface area contributed by atoms with Crippen molar-refractivity contribution in [2.45, 2.75) is 57.0 Å². The highest BCUT2D eigenvalue weighted by molar-refractivity contribution is 5.78. The average Bonchev–Trinajstić information content (AvgIpc) is 2.46. The second-order valence-electron chi connectivity index (χ2n) is 6.45. The Labute approximate surface area is 121 Å². The first kappa shape index (κ1) is 15.7. The van der Waals surface area contributed by atoms with E-state index in [1.54, 1.807) is 0 Å². The molecule has 1 amide bonds. The number of carbonyl (C=O) groups is 1. The first-order valence-electron chi connectivity index (χ1n) is 7.86. The number of ether oxygens (including phenoxy) is 1. The normalized spacial score (nSPS) is 32.0. The molecule has 5 nitrogen and oxygen atoms in total. The van der Waals surface area contributed by atoms with Gasteiger partial charge in [-0.2, -0.15) is 0 Å². The standard InChI is InChI=1S/C15H28N2O3/c1-12-3-2-6-15(9-12,11-18)16-10-14(19)17-13-4-7-20-8-5-13/h12-13,16,18H,2-11H2,1H3,(H,17,19). The SMILES string of the molecule is CC1CCCC(CO)(NCC(=O)NC2CCOCC2)C1. The minimum Gasteiger partial charge on any atom is -0.394 e. The molecule has 0 radical (unpaired) electrons. The van der Waals surface area contributed by atoms with Crippen LogP contribution in [0.15, 0.2) is 0 Å². The predicted octanol–water partition coefficient (Wildman–Crippen LogP) is 0.812. The van der Waals surface area contributed by atoms with Crippen molar-refractivity contribution < 1.29 is 14.6 Å². The van der Waals surface area contributed by atoms with Gasteiger partial charge in [-0.15, -0.1) is 0 Å². The average molecular weight is 284 g/mol. The predicted molar refractivity (Wildman–Crippen MR) is 77.4 cm³/mol. The van der Waals surface area contributed by atoms with Gasteiger partial charge in [-0.1, -0.05) is 19.8 Å². The van der Waals surface area contributed by atoms with E-state index in [1.807, 2.05) is 0 Å². The fraction of sp³-hybridized carbons (Fsp3) is 0.933. The number of nitrogens with one attached hydrogen (secondary N) is 2. The molecule has 0 aromatic carbocycles. The lowest BCUT2D eigenvalue weighted by molar-refractivity contribution is -0.122. The second kappa shape index (κ2) is 7.38. The number of carbonyl (C=O) groups excluding carboxylic acids is 1. The molecule has 0 aromatic heterocycles. The minimum absolute atomic E-state index is 0.0305. The molecule has 116 valence electrons. The fourth-order valence-corrected chi connectivity index (χ4v) is 3.41. The third kappa shape index (κ3) is 4.43. The van der Waals surface area contributed by atoms with Crippen molar-refractivity contribution in [3.8, 4) is 0 Å². The van der Waals surface area contributed by atoms with Gasteiger partial charge in [-0.25, -0.2) is 0 Å². The van der Waals surface area contributed by atoms with Crippen LogP contribution in [-0.2, 0) is 9.53 Å². The van der Waals surface area contributed by atoms with Gasteiger partial charge < -0.3 is 20.5 Å². The quantitative estimate of drug-likeness (QED) is 0.699. The summed E-state index contributed by atoms with van der Waals surface area (Å²) in [6.45, 7) is 4.09. The van der Waals surface area contributed by atoms with Gasteiger partial charge in [0.2, 0.25) is 5.91 Å². The van der Waals surface area contributed by atoms with Crippen LogP contribution in [0.3, 0.4) is 0 Å². The maximum atomic E-state index is 12.0. The summed E-state index contributed by atoms with van der Waals surface area (Å²) in [5.74, 6) is 0.643. The Kier molecular flexibility index (Phi) is 5.81. The third-order valence-corrected chi connectivity index (χ3v) is 4.60. The molecule has 2 atom stereocenters. The Balaban J connectivity index is 1.75. The van der Waals surface area contributed by atoms with E-state index in [0.29, 0.717) is 12.5 Å². The zero-order chi connectivity index (χ0) is 14.4. The highest BCUT2D eigenvalue weighted by Gasteiger charge is 2.34. The molecule has 1 saturated carbocycles. The van der Waals surface area contributed by atoms with E-state index in [1.165, 1.54) is 6.42 Å². The first-order chi connectivity index (χ1) is 9.63. The van der Waals surface area contributed by atoms with Gasteiger partial charge in [0, 0.05) is 24.8 Å². The summed E-state index contributed by atoms with van der Waals surface area (Å²) in [7, 11) is 0. The fourth-order valence-electron chi connectivity index (χ4n) is 3.41. The van der Waals surface area contributed by atoms with E-state index < -0.39 is 0 Å². The van der Waals surface area contributed by atoms with E-state index in [-0.39, 0.29) is 24.1 Å². The maximum absolute atomic E-state index is 12.0. The monoisotopic (exact) mass is 284 g/mol. The number of aliphatic hydroxyl groups is 1. The van der Waals surface area contributed by atoms with Gasteiger partial charge in [0.05, 0.1) is 13.2 Å². The molecule has 2 unspecified atom stereocenters. The van der Waals surface area contributed by atoms with Crippen LogP contribution < -0.4 is 10.6 Å². The third-order valence-electron chi connectivity index (χ3n) is 4.60. The zero-order valence-corrected chi connectivity index (χ0v) is 12.5. The summed E-state index contributed by atoms with van der Waals surface area (Å²) in [4.78, 5) is 12.0. The molecule has 3 N–H and O–H groups in total. The molecule has 1 aliphatic heterocycles. The van der Waals surface area contributed by atoms with Crippen LogP contribution in [0.2, 0.25) is 0 Å². The van der Waals surface area contributed by atoms with Crippen molar-refractivity contribution in [3.63, 3.8) is 0 Å². The second-order valence-corrected chi connectivity index (χ2v) is 6.45. The molecule has 20 heavy (non-hydrogen) atoms. The van der Waals surface area contributed by atoms with Crippen molar-refractivity contribution in [1.29, 1.82) is 0 Å². The first-order valence-corrected chi connectivity index (χ1v) is 7.86. The Bertz CT molecular complexity index is 318. The van der Waals surface area contributed by atoms with E-state index in [0.717, 1.165) is 45.3 Å². The number of aliphatic hydroxyl groups excluding tert-OH is 1. The van der Waals surface area contributed by atoms with Crippen molar-refractivity contribution in [2.75, 3.05) is 26.4 Å². The van der Waals surface area contributed by atoms with Gasteiger partial charge in [0.15, 0.2) is 0 Å². The van der Waals surface area contributed by atoms with Crippen molar-refractivity contribution in [3.05, 3.63) is 0 Å². The lowest BCUT2D eigenvalue weighted by Gasteiger charge is -2.39. The lowest BCUT2D eigenvalue weighted by atomic mass is 9.77. The smallest absolute Gasteiger partial charge is 0.234 e. The topological polar surface area (TPSA) is 70.6 Å². The summed E-state index contributed by atoms with van der Waals surface area (Å²) >= 11 is 0.